The summed E-state index contributed by atoms with van der Waals surface area (Å²) in [6.07, 6.45) is 10.5. The van der Waals surface area contributed by atoms with Crippen LogP contribution in [-0.4, -0.2) is 4.57 Å². The zero-order chi connectivity index (χ0) is 29.4. The van der Waals surface area contributed by atoms with Crippen molar-refractivity contribution < 1.29 is 0 Å². The lowest BCUT2D eigenvalue weighted by Crippen LogP contribution is -2.26. The monoisotopic (exact) mass is 565 g/mol. The van der Waals surface area contributed by atoms with E-state index in [0.29, 0.717) is 5.92 Å². The summed E-state index contributed by atoms with van der Waals surface area (Å²) in [5.74, 6) is 0.384. The third-order valence-electron chi connectivity index (χ3n) is 10.5. The van der Waals surface area contributed by atoms with E-state index in [-0.39, 0.29) is 5.41 Å². The molecule has 1 unspecified atom stereocenters. The van der Waals surface area contributed by atoms with Crippen LogP contribution in [-0.2, 0) is 5.41 Å². The molecule has 2 aliphatic carbocycles. The zero-order valence-electron chi connectivity index (χ0n) is 25.3. The van der Waals surface area contributed by atoms with Gasteiger partial charge in [0.2, 0.25) is 0 Å². The fourth-order valence-electron chi connectivity index (χ4n) is 8.29. The summed E-state index contributed by atoms with van der Waals surface area (Å²) in [6.45, 7) is 4.73. The van der Waals surface area contributed by atoms with Crippen molar-refractivity contribution in [2.45, 2.75) is 44.4 Å². The molecule has 1 aliphatic heterocycles. The minimum absolute atomic E-state index is 0.0481. The van der Waals surface area contributed by atoms with Crippen LogP contribution in [0.2, 0.25) is 0 Å². The van der Waals surface area contributed by atoms with E-state index in [9.17, 15) is 0 Å². The van der Waals surface area contributed by atoms with E-state index in [1.54, 1.807) is 0 Å². The summed E-state index contributed by atoms with van der Waals surface area (Å²) in [6, 6.07) is 43.2. The van der Waals surface area contributed by atoms with Crippen LogP contribution in [0.4, 0.5) is 0 Å². The van der Waals surface area contributed by atoms with Gasteiger partial charge in [-0.15, -0.1) is 0 Å². The topological polar surface area (TPSA) is 4.93 Å². The van der Waals surface area contributed by atoms with Gasteiger partial charge in [0.1, 0.15) is 0 Å². The summed E-state index contributed by atoms with van der Waals surface area (Å²) < 4.78 is 2.50. The van der Waals surface area contributed by atoms with Crippen molar-refractivity contribution in [1.29, 1.82) is 0 Å². The molecule has 0 radical (unpaired) electrons. The summed E-state index contributed by atoms with van der Waals surface area (Å²) in [7, 11) is 0. The summed E-state index contributed by atoms with van der Waals surface area (Å²) in [5.41, 5.74) is 16.4. The second kappa shape index (κ2) is 9.56. The van der Waals surface area contributed by atoms with Crippen molar-refractivity contribution in [3.05, 3.63) is 167 Å². The molecule has 0 bridgehead atoms. The molecular formula is C43H35N. The molecule has 0 spiro atoms. The number of allylic oxidation sites excluding steroid dienone is 6. The quantitative estimate of drug-likeness (QED) is 0.201. The second-order valence-electron chi connectivity index (χ2n) is 13.2. The van der Waals surface area contributed by atoms with Gasteiger partial charge in [0.05, 0.1) is 16.7 Å². The fraction of sp³-hybridized carbons (Fsp3) is 0.163. The highest BCUT2D eigenvalue weighted by Gasteiger charge is 2.34. The van der Waals surface area contributed by atoms with Gasteiger partial charge in [-0.2, -0.15) is 0 Å². The van der Waals surface area contributed by atoms with Gasteiger partial charge in [0.25, 0.3) is 0 Å². The highest BCUT2D eigenvalue weighted by atomic mass is 15.0. The van der Waals surface area contributed by atoms with Crippen molar-refractivity contribution in [3.8, 4) is 16.8 Å². The van der Waals surface area contributed by atoms with Crippen LogP contribution in [0.15, 0.2) is 145 Å². The Labute approximate surface area is 259 Å². The third-order valence-corrected chi connectivity index (χ3v) is 10.5. The molecule has 1 heteroatoms. The summed E-state index contributed by atoms with van der Waals surface area (Å²) >= 11 is 0. The third kappa shape index (κ3) is 3.65. The maximum absolute atomic E-state index is 2.50. The van der Waals surface area contributed by atoms with Gasteiger partial charge >= 0.3 is 0 Å². The number of hydrogen-bond acceptors (Lipinski definition) is 0. The number of hydrogen-bond donors (Lipinski definition) is 0. The number of para-hydroxylation sites is 2. The molecule has 0 saturated carbocycles. The Balaban J connectivity index is 1.16. The van der Waals surface area contributed by atoms with Gasteiger partial charge < -0.3 is 4.57 Å². The Morgan fingerprint density at radius 3 is 2.36 bits per heavy atom. The van der Waals surface area contributed by atoms with Crippen LogP contribution in [0.25, 0.3) is 44.2 Å². The first-order valence-electron chi connectivity index (χ1n) is 16.0. The van der Waals surface area contributed by atoms with Crippen LogP contribution in [0.5, 0.6) is 0 Å². The highest BCUT2D eigenvalue weighted by Crippen LogP contribution is 2.48. The Kier molecular flexibility index (Phi) is 5.56. The van der Waals surface area contributed by atoms with Gasteiger partial charge in [-0.25, -0.2) is 0 Å². The molecule has 212 valence electrons. The summed E-state index contributed by atoms with van der Waals surface area (Å²) in [5, 5.41) is 2.66. The lowest BCUT2D eigenvalue weighted by atomic mass is 9.74. The largest absolute Gasteiger partial charge is 0.309 e. The smallest absolute Gasteiger partial charge is 0.0582 e. The van der Waals surface area contributed by atoms with Crippen molar-refractivity contribution in [1.82, 2.24) is 4.57 Å². The van der Waals surface area contributed by atoms with E-state index in [1.807, 2.05) is 0 Å². The Bertz CT molecular complexity index is 2220. The normalized spacial score (nSPS) is 18.3. The van der Waals surface area contributed by atoms with Crippen LogP contribution < -0.4 is 0 Å². The van der Waals surface area contributed by atoms with Gasteiger partial charge in [0.15, 0.2) is 0 Å². The van der Waals surface area contributed by atoms with Crippen molar-refractivity contribution >= 4 is 27.4 Å². The molecule has 9 rings (SSSR count). The van der Waals surface area contributed by atoms with E-state index in [2.05, 4.69) is 152 Å². The van der Waals surface area contributed by atoms with E-state index in [0.717, 1.165) is 19.3 Å². The molecule has 0 amide bonds. The molecule has 1 aromatic heterocycles. The van der Waals surface area contributed by atoms with Gasteiger partial charge in [0, 0.05) is 22.1 Å². The van der Waals surface area contributed by atoms with Gasteiger partial charge in [-0.1, -0.05) is 129 Å². The fourth-order valence-corrected chi connectivity index (χ4v) is 8.29. The van der Waals surface area contributed by atoms with Crippen molar-refractivity contribution in [2.75, 3.05) is 0 Å². The zero-order valence-corrected chi connectivity index (χ0v) is 25.3. The molecule has 0 saturated heterocycles. The number of rotatable bonds is 3. The minimum atomic E-state index is -0.0481. The van der Waals surface area contributed by atoms with Crippen LogP contribution in [0.3, 0.4) is 0 Å². The van der Waals surface area contributed by atoms with E-state index in [4.69, 9.17) is 0 Å². The average molecular weight is 566 g/mol. The van der Waals surface area contributed by atoms with E-state index < -0.39 is 0 Å². The van der Waals surface area contributed by atoms with Crippen LogP contribution >= 0.6 is 0 Å². The standard InChI is InChI=1S/C43H35N/c1-43(2)38-19-8-9-21-41(38)44-40-25-22-30(27-37(40)36-18-11-20-39(43)42(36)44)29-14-10-15-31(26-29)33-24-23-32(28-12-4-3-5-13-28)34-16-6-7-17-35(33)34/h3-5,7-15,17-23,25-27,33H,6,16,24H2,1-2H3. The average Bonchev–Trinajstić information content (AvgIpc) is 3.41. The first-order chi connectivity index (χ1) is 21.6. The molecule has 3 aliphatic rings. The molecule has 1 atom stereocenters. The van der Waals surface area contributed by atoms with Gasteiger partial charge in [-0.3, -0.25) is 0 Å². The highest BCUT2D eigenvalue weighted by molar-refractivity contribution is 6.12. The maximum atomic E-state index is 2.50. The Morgan fingerprint density at radius 1 is 0.682 bits per heavy atom. The van der Waals surface area contributed by atoms with E-state index >= 15 is 0 Å². The SMILES string of the molecule is CC1(C)c2ccccc2-n2c3ccc(-c4cccc(C5CC=C(c6ccccc6)C6=C5C=CCC6)c4)cc3c3cccc1c32. The molecule has 6 aromatic rings. The first-order valence-corrected chi connectivity index (χ1v) is 16.0. The number of aromatic nitrogens is 1. The lowest BCUT2D eigenvalue weighted by Gasteiger charge is -2.34. The molecule has 5 aromatic carbocycles. The van der Waals surface area contributed by atoms with Crippen LogP contribution in [0.1, 0.15) is 61.3 Å². The summed E-state index contributed by atoms with van der Waals surface area (Å²) in [4.78, 5) is 0. The second-order valence-corrected chi connectivity index (χ2v) is 13.2. The molecule has 44 heavy (non-hydrogen) atoms. The Hall–Kier alpha value is -4.88. The number of benzene rings is 5. The predicted molar refractivity (Wildman–Crippen MR) is 186 cm³/mol. The molecule has 1 nitrogen and oxygen atoms in total. The molecule has 0 fully saturated rings. The maximum Gasteiger partial charge on any atom is 0.0582 e. The minimum Gasteiger partial charge on any atom is -0.309 e. The van der Waals surface area contributed by atoms with Crippen molar-refractivity contribution in [3.63, 3.8) is 0 Å². The van der Waals surface area contributed by atoms with Crippen molar-refractivity contribution in [2.24, 2.45) is 0 Å². The number of nitrogens with zero attached hydrogens (tertiary/aromatic N) is 1. The Morgan fingerprint density at radius 2 is 1.45 bits per heavy atom. The van der Waals surface area contributed by atoms with Gasteiger partial charge in [-0.05, 0) is 87.6 Å². The molecular weight excluding hydrogens is 530 g/mol. The predicted octanol–water partition coefficient (Wildman–Crippen LogP) is 11.3. The first kappa shape index (κ1) is 25.6. The number of fused-ring (bicyclic) bond motifs is 5. The van der Waals surface area contributed by atoms with E-state index in [1.165, 1.54) is 77.6 Å². The molecule has 0 N–H and O–H groups in total. The van der Waals surface area contributed by atoms with Crippen LogP contribution in [0, 0.1) is 0 Å². The lowest BCUT2D eigenvalue weighted by molar-refractivity contribution is 0.630. The molecule has 2 heterocycles.